The molecule has 1 aliphatic heterocycles. The number of para-hydroxylation sites is 1. The van der Waals surface area contributed by atoms with Crippen LogP contribution in [0.15, 0.2) is 47.1 Å². The first kappa shape index (κ1) is 12.7. The number of methoxy groups -OCH3 is 1. The Morgan fingerprint density at radius 3 is 2.95 bits per heavy atom. The van der Waals surface area contributed by atoms with Crippen molar-refractivity contribution in [2.45, 2.75) is 6.42 Å². The highest BCUT2D eigenvalue weighted by atomic mass is 16.6. The van der Waals surface area contributed by atoms with Crippen molar-refractivity contribution >= 4 is 17.0 Å². The van der Waals surface area contributed by atoms with Crippen LogP contribution in [-0.4, -0.2) is 24.4 Å². The van der Waals surface area contributed by atoms with Crippen LogP contribution in [0.25, 0.3) is 5.57 Å². The van der Waals surface area contributed by atoms with Crippen LogP contribution in [0.3, 0.4) is 0 Å². The lowest BCUT2D eigenvalue weighted by atomic mass is 9.86. The standard InChI is InChI=1S/C15H14N2O3/c1-20-9-8-10-6-7-13(17(18)19)14-11-4-2-3-5-12(11)16-15(10)14/h2-7,10H,8-9H2,1H3. The van der Waals surface area contributed by atoms with Crippen molar-refractivity contribution in [3.63, 3.8) is 0 Å². The first-order chi connectivity index (χ1) is 9.72. The number of fused-ring (bicyclic) bond motifs is 3. The molecule has 1 unspecified atom stereocenters. The minimum atomic E-state index is -0.337. The van der Waals surface area contributed by atoms with Crippen molar-refractivity contribution in [1.29, 1.82) is 0 Å². The number of ether oxygens (including phenoxy) is 1. The number of nitro groups is 1. The van der Waals surface area contributed by atoms with Crippen LogP contribution in [0.5, 0.6) is 0 Å². The van der Waals surface area contributed by atoms with Crippen molar-refractivity contribution < 1.29 is 9.66 Å². The maximum atomic E-state index is 11.2. The number of benzene rings is 1. The van der Waals surface area contributed by atoms with Gasteiger partial charge in [0.25, 0.3) is 5.70 Å². The molecule has 0 aromatic heterocycles. The number of aliphatic imine (C=N–C) groups is 1. The van der Waals surface area contributed by atoms with Crippen LogP contribution in [-0.2, 0) is 4.74 Å². The van der Waals surface area contributed by atoms with Gasteiger partial charge in [-0.15, -0.1) is 0 Å². The molecule has 2 aliphatic rings. The third-order valence-corrected chi connectivity index (χ3v) is 3.59. The number of hydrogen-bond donors (Lipinski definition) is 0. The Morgan fingerprint density at radius 1 is 1.40 bits per heavy atom. The molecule has 5 nitrogen and oxygen atoms in total. The van der Waals surface area contributed by atoms with Gasteiger partial charge in [0.1, 0.15) is 0 Å². The second-order valence-corrected chi connectivity index (χ2v) is 4.78. The van der Waals surface area contributed by atoms with Crippen LogP contribution < -0.4 is 0 Å². The fraction of sp³-hybridized carbons (Fsp3) is 0.267. The first-order valence-corrected chi connectivity index (χ1v) is 6.46. The van der Waals surface area contributed by atoms with Crippen LogP contribution in [0.2, 0.25) is 0 Å². The summed E-state index contributed by atoms with van der Waals surface area (Å²) in [7, 11) is 1.65. The lowest BCUT2D eigenvalue weighted by Crippen LogP contribution is -2.20. The zero-order valence-electron chi connectivity index (χ0n) is 11.1. The molecule has 1 aromatic carbocycles. The zero-order chi connectivity index (χ0) is 14.1. The predicted molar refractivity (Wildman–Crippen MR) is 76.6 cm³/mol. The SMILES string of the molecule is COCCC1C=CC([N+](=O)[O-])=C2C1=Nc1ccccc12. The molecule has 0 bridgehead atoms. The van der Waals surface area contributed by atoms with E-state index in [1.807, 2.05) is 30.3 Å². The summed E-state index contributed by atoms with van der Waals surface area (Å²) >= 11 is 0. The van der Waals surface area contributed by atoms with Gasteiger partial charge in [-0.25, -0.2) is 0 Å². The van der Waals surface area contributed by atoms with E-state index in [2.05, 4.69) is 4.99 Å². The summed E-state index contributed by atoms with van der Waals surface area (Å²) in [6, 6.07) is 7.55. The molecule has 1 heterocycles. The van der Waals surface area contributed by atoms with E-state index in [9.17, 15) is 10.1 Å². The monoisotopic (exact) mass is 270 g/mol. The number of nitrogens with zero attached hydrogens (tertiary/aromatic N) is 2. The highest BCUT2D eigenvalue weighted by Crippen LogP contribution is 2.42. The van der Waals surface area contributed by atoms with Crippen molar-refractivity contribution in [2.75, 3.05) is 13.7 Å². The minimum Gasteiger partial charge on any atom is -0.385 e. The summed E-state index contributed by atoms with van der Waals surface area (Å²) in [5.74, 6) is 0.0704. The van der Waals surface area contributed by atoms with Crippen LogP contribution in [0.4, 0.5) is 5.69 Å². The molecular formula is C15H14N2O3. The van der Waals surface area contributed by atoms with Gasteiger partial charge in [0, 0.05) is 31.3 Å². The average Bonchev–Trinajstić information content (AvgIpc) is 2.84. The van der Waals surface area contributed by atoms with Gasteiger partial charge in [0.15, 0.2) is 0 Å². The molecule has 0 N–H and O–H groups in total. The smallest absolute Gasteiger partial charge is 0.278 e. The summed E-state index contributed by atoms with van der Waals surface area (Å²) < 4.78 is 5.11. The number of allylic oxidation sites excluding steroid dienone is 3. The van der Waals surface area contributed by atoms with Crippen molar-refractivity contribution in [3.05, 3.63) is 57.8 Å². The Hall–Kier alpha value is -2.27. The first-order valence-electron chi connectivity index (χ1n) is 6.46. The topological polar surface area (TPSA) is 64.7 Å². The van der Waals surface area contributed by atoms with Gasteiger partial charge in [-0.2, -0.15) is 0 Å². The average molecular weight is 270 g/mol. The van der Waals surface area contributed by atoms with Crippen LogP contribution >= 0.6 is 0 Å². The van der Waals surface area contributed by atoms with Crippen LogP contribution in [0.1, 0.15) is 12.0 Å². The molecule has 102 valence electrons. The van der Waals surface area contributed by atoms with Gasteiger partial charge >= 0.3 is 0 Å². The van der Waals surface area contributed by atoms with E-state index in [4.69, 9.17) is 4.74 Å². The Labute approximate surface area is 116 Å². The molecule has 5 heteroatoms. The molecule has 1 atom stereocenters. The van der Waals surface area contributed by atoms with Crippen molar-refractivity contribution in [2.24, 2.45) is 10.9 Å². The molecule has 0 spiro atoms. The van der Waals surface area contributed by atoms with Gasteiger partial charge in [-0.1, -0.05) is 24.3 Å². The summed E-state index contributed by atoms with van der Waals surface area (Å²) in [6.45, 7) is 0.603. The molecule has 0 fully saturated rings. The second-order valence-electron chi connectivity index (χ2n) is 4.78. The Balaban J connectivity index is 2.09. The summed E-state index contributed by atoms with van der Waals surface area (Å²) in [5.41, 5.74) is 3.23. The molecule has 1 aliphatic carbocycles. The van der Waals surface area contributed by atoms with Crippen molar-refractivity contribution in [3.8, 4) is 0 Å². The Morgan fingerprint density at radius 2 is 2.20 bits per heavy atom. The fourth-order valence-electron chi connectivity index (χ4n) is 2.66. The highest BCUT2D eigenvalue weighted by molar-refractivity contribution is 6.31. The summed E-state index contributed by atoms with van der Waals surface area (Å²) in [4.78, 5) is 15.5. The fourth-order valence-corrected chi connectivity index (χ4v) is 2.66. The third-order valence-electron chi connectivity index (χ3n) is 3.59. The van der Waals surface area contributed by atoms with E-state index < -0.39 is 0 Å². The molecule has 1 aromatic rings. The van der Waals surface area contributed by atoms with Gasteiger partial charge in [-0.05, 0) is 12.5 Å². The summed E-state index contributed by atoms with van der Waals surface area (Å²) in [6.07, 6.45) is 4.22. The molecule has 3 rings (SSSR count). The maximum Gasteiger partial charge on any atom is 0.278 e. The largest absolute Gasteiger partial charge is 0.385 e. The normalized spacial score (nSPS) is 19.6. The van der Waals surface area contributed by atoms with E-state index in [1.54, 1.807) is 13.2 Å². The Kier molecular flexibility index (Phi) is 3.20. The lowest BCUT2D eigenvalue weighted by molar-refractivity contribution is -0.417. The van der Waals surface area contributed by atoms with E-state index in [0.717, 1.165) is 23.4 Å². The number of hydrogen-bond acceptors (Lipinski definition) is 4. The van der Waals surface area contributed by atoms with Gasteiger partial charge in [0.05, 0.1) is 21.9 Å². The van der Waals surface area contributed by atoms with E-state index in [1.165, 1.54) is 0 Å². The molecule has 0 amide bonds. The minimum absolute atomic E-state index is 0.0704. The van der Waals surface area contributed by atoms with Gasteiger partial charge in [0.2, 0.25) is 0 Å². The lowest BCUT2D eigenvalue weighted by Gasteiger charge is -2.17. The molecule has 20 heavy (non-hydrogen) atoms. The van der Waals surface area contributed by atoms with E-state index in [-0.39, 0.29) is 16.5 Å². The van der Waals surface area contributed by atoms with E-state index in [0.29, 0.717) is 12.2 Å². The molecule has 0 saturated carbocycles. The highest BCUT2D eigenvalue weighted by Gasteiger charge is 2.35. The van der Waals surface area contributed by atoms with Gasteiger partial charge in [-0.3, -0.25) is 15.1 Å². The van der Waals surface area contributed by atoms with Gasteiger partial charge < -0.3 is 4.74 Å². The third kappa shape index (κ3) is 1.96. The Bertz CT molecular complexity index is 659. The number of rotatable bonds is 4. The molecule has 0 radical (unpaired) electrons. The van der Waals surface area contributed by atoms with E-state index >= 15 is 0 Å². The van der Waals surface area contributed by atoms with Crippen LogP contribution in [0, 0.1) is 16.0 Å². The predicted octanol–water partition coefficient (Wildman–Crippen LogP) is 2.98. The van der Waals surface area contributed by atoms with Crippen molar-refractivity contribution in [1.82, 2.24) is 0 Å². The second kappa shape index (κ2) is 5.02. The molecular weight excluding hydrogens is 256 g/mol. The molecule has 0 saturated heterocycles. The quantitative estimate of drug-likeness (QED) is 0.624. The zero-order valence-corrected chi connectivity index (χ0v) is 11.1. The summed E-state index contributed by atoms with van der Waals surface area (Å²) in [5, 5.41) is 11.2. The maximum absolute atomic E-state index is 11.2.